The highest BCUT2D eigenvalue weighted by atomic mass is 35.5. The summed E-state index contributed by atoms with van der Waals surface area (Å²) in [5.41, 5.74) is 1.58. The van der Waals surface area contributed by atoms with Gasteiger partial charge in [0.05, 0.1) is 10.7 Å². The van der Waals surface area contributed by atoms with Crippen molar-refractivity contribution in [3.63, 3.8) is 0 Å². The molecule has 1 aromatic heterocycles. The minimum atomic E-state index is -0.130. The lowest BCUT2D eigenvalue weighted by Gasteiger charge is -2.06. The Kier molecular flexibility index (Phi) is 4.45. The van der Waals surface area contributed by atoms with E-state index in [1.54, 1.807) is 18.2 Å². The maximum Gasteiger partial charge on any atom is 0.263 e. The molecule has 1 amide bonds. The molecule has 0 saturated heterocycles. The Morgan fingerprint density at radius 2 is 2.11 bits per heavy atom. The smallest absolute Gasteiger partial charge is 0.263 e. The van der Waals surface area contributed by atoms with Gasteiger partial charge in [0.1, 0.15) is 4.88 Å². The van der Waals surface area contributed by atoms with E-state index in [9.17, 15) is 4.79 Å². The highest BCUT2D eigenvalue weighted by Crippen LogP contribution is 2.21. The van der Waals surface area contributed by atoms with Crippen LogP contribution in [-0.2, 0) is 6.54 Å². The van der Waals surface area contributed by atoms with Gasteiger partial charge in [-0.25, -0.2) is 4.98 Å². The van der Waals surface area contributed by atoms with Crippen LogP contribution in [0.3, 0.4) is 0 Å². The minimum Gasteiger partial charge on any atom is -0.347 e. The average Bonchev–Trinajstić information content (AvgIpc) is 2.67. The fourth-order valence-electron chi connectivity index (χ4n) is 1.66. The van der Waals surface area contributed by atoms with Gasteiger partial charge in [0.25, 0.3) is 5.91 Å². The Morgan fingerprint density at radius 3 is 2.68 bits per heavy atom. The van der Waals surface area contributed by atoms with E-state index < -0.39 is 0 Å². The van der Waals surface area contributed by atoms with Crippen molar-refractivity contribution >= 4 is 40.4 Å². The Labute approximate surface area is 125 Å². The topological polar surface area (TPSA) is 42.0 Å². The van der Waals surface area contributed by atoms with Crippen molar-refractivity contribution in [1.82, 2.24) is 10.3 Å². The number of carbonyl (C=O) groups is 1. The molecule has 19 heavy (non-hydrogen) atoms. The van der Waals surface area contributed by atoms with Crippen LogP contribution in [0.25, 0.3) is 0 Å². The van der Waals surface area contributed by atoms with Gasteiger partial charge in [-0.15, -0.1) is 11.3 Å². The first-order valence-corrected chi connectivity index (χ1v) is 7.21. The third-order valence-electron chi connectivity index (χ3n) is 2.56. The average molecular weight is 315 g/mol. The molecular formula is C13H12Cl2N2OS. The molecule has 0 spiro atoms. The first kappa shape index (κ1) is 14.3. The predicted molar refractivity (Wildman–Crippen MR) is 79.2 cm³/mol. The number of carbonyl (C=O) groups excluding carboxylic acids is 1. The zero-order chi connectivity index (χ0) is 14.0. The molecular weight excluding hydrogens is 303 g/mol. The van der Waals surface area contributed by atoms with Crippen molar-refractivity contribution in [2.75, 3.05) is 0 Å². The molecule has 0 fully saturated rings. The summed E-state index contributed by atoms with van der Waals surface area (Å²) in [4.78, 5) is 16.9. The molecule has 2 aromatic rings. The number of hydrogen-bond donors (Lipinski definition) is 1. The van der Waals surface area contributed by atoms with E-state index in [1.807, 2.05) is 13.8 Å². The lowest BCUT2D eigenvalue weighted by atomic mass is 10.2. The Balaban J connectivity index is 2.06. The zero-order valence-electron chi connectivity index (χ0n) is 10.5. The molecule has 6 heteroatoms. The van der Waals surface area contributed by atoms with E-state index in [4.69, 9.17) is 23.2 Å². The SMILES string of the molecule is Cc1nc(C)c(C(=O)NCc2ccc(Cl)cc2Cl)s1. The number of benzene rings is 1. The third-order valence-corrected chi connectivity index (χ3v) is 4.22. The third kappa shape index (κ3) is 3.47. The van der Waals surface area contributed by atoms with Gasteiger partial charge in [-0.1, -0.05) is 29.3 Å². The number of thiazole rings is 1. The standard InChI is InChI=1S/C13H12Cl2N2OS/c1-7-12(19-8(2)17-7)13(18)16-6-9-3-4-10(14)5-11(9)15/h3-5H,6H2,1-2H3,(H,16,18). The Morgan fingerprint density at radius 1 is 1.37 bits per heavy atom. The second-order valence-electron chi connectivity index (χ2n) is 4.07. The first-order chi connectivity index (χ1) is 8.97. The highest BCUT2D eigenvalue weighted by molar-refractivity contribution is 7.13. The molecule has 0 atom stereocenters. The summed E-state index contributed by atoms with van der Waals surface area (Å²) in [7, 11) is 0. The number of rotatable bonds is 3. The molecule has 0 radical (unpaired) electrons. The lowest BCUT2D eigenvalue weighted by molar-refractivity contribution is 0.0954. The van der Waals surface area contributed by atoms with E-state index in [-0.39, 0.29) is 5.91 Å². The van der Waals surface area contributed by atoms with Crippen molar-refractivity contribution in [2.24, 2.45) is 0 Å². The second kappa shape index (κ2) is 5.90. The summed E-state index contributed by atoms with van der Waals surface area (Å²) in [6.45, 7) is 4.07. The normalized spacial score (nSPS) is 10.5. The predicted octanol–water partition coefficient (Wildman–Crippen LogP) is 4.00. The van der Waals surface area contributed by atoms with Gasteiger partial charge in [-0.3, -0.25) is 4.79 Å². The summed E-state index contributed by atoms with van der Waals surface area (Å²) in [6, 6.07) is 5.21. The van der Waals surface area contributed by atoms with Crippen LogP contribution >= 0.6 is 34.5 Å². The summed E-state index contributed by atoms with van der Waals surface area (Å²) >= 11 is 13.3. The molecule has 1 heterocycles. The van der Waals surface area contributed by atoms with Gasteiger partial charge >= 0.3 is 0 Å². The maximum absolute atomic E-state index is 12.0. The first-order valence-electron chi connectivity index (χ1n) is 5.63. The number of aromatic nitrogens is 1. The fourth-order valence-corrected chi connectivity index (χ4v) is 2.97. The molecule has 1 N–H and O–H groups in total. The van der Waals surface area contributed by atoms with Crippen LogP contribution < -0.4 is 5.32 Å². The number of amides is 1. The number of aryl methyl sites for hydroxylation is 2. The summed E-state index contributed by atoms with van der Waals surface area (Å²) in [6.07, 6.45) is 0. The molecule has 3 nitrogen and oxygen atoms in total. The van der Waals surface area contributed by atoms with Crippen LogP contribution in [0.4, 0.5) is 0 Å². The Hall–Kier alpha value is -1.10. The van der Waals surface area contributed by atoms with Crippen molar-refractivity contribution in [3.05, 3.63) is 49.4 Å². The van der Waals surface area contributed by atoms with Gasteiger partial charge in [0.2, 0.25) is 0 Å². The Bertz CT molecular complexity index is 625. The van der Waals surface area contributed by atoms with Crippen molar-refractivity contribution in [1.29, 1.82) is 0 Å². The van der Waals surface area contributed by atoms with E-state index in [0.717, 1.165) is 16.3 Å². The van der Waals surface area contributed by atoms with Crippen LogP contribution in [-0.4, -0.2) is 10.9 Å². The van der Waals surface area contributed by atoms with Crippen LogP contribution in [0.15, 0.2) is 18.2 Å². The van der Waals surface area contributed by atoms with E-state index in [0.29, 0.717) is 21.5 Å². The van der Waals surface area contributed by atoms with E-state index >= 15 is 0 Å². The molecule has 0 saturated carbocycles. The largest absolute Gasteiger partial charge is 0.347 e. The zero-order valence-corrected chi connectivity index (χ0v) is 12.8. The van der Waals surface area contributed by atoms with Crippen LogP contribution in [0.2, 0.25) is 10.0 Å². The van der Waals surface area contributed by atoms with E-state index in [2.05, 4.69) is 10.3 Å². The van der Waals surface area contributed by atoms with Crippen LogP contribution in [0, 0.1) is 13.8 Å². The maximum atomic E-state index is 12.0. The fraction of sp³-hybridized carbons (Fsp3) is 0.231. The number of nitrogens with zero attached hydrogens (tertiary/aromatic N) is 1. The molecule has 0 aliphatic carbocycles. The minimum absolute atomic E-state index is 0.130. The summed E-state index contributed by atoms with van der Waals surface area (Å²) in [5, 5.41) is 4.84. The van der Waals surface area contributed by atoms with Crippen molar-refractivity contribution in [3.8, 4) is 0 Å². The highest BCUT2D eigenvalue weighted by Gasteiger charge is 2.13. The second-order valence-corrected chi connectivity index (χ2v) is 6.11. The molecule has 0 unspecified atom stereocenters. The quantitative estimate of drug-likeness (QED) is 0.930. The van der Waals surface area contributed by atoms with Gasteiger partial charge in [-0.2, -0.15) is 0 Å². The number of halogens is 2. The number of nitrogens with one attached hydrogen (secondary N) is 1. The van der Waals surface area contributed by atoms with Gasteiger partial charge in [0, 0.05) is 16.6 Å². The number of hydrogen-bond acceptors (Lipinski definition) is 3. The summed E-state index contributed by atoms with van der Waals surface area (Å²) in [5.74, 6) is -0.130. The summed E-state index contributed by atoms with van der Waals surface area (Å²) < 4.78 is 0. The molecule has 0 aliphatic rings. The van der Waals surface area contributed by atoms with Gasteiger partial charge in [-0.05, 0) is 31.5 Å². The molecule has 0 bridgehead atoms. The van der Waals surface area contributed by atoms with Gasteiger partial charge < -0.3 is 5.32 Å². The van der Waals surface area contributed by atoms with Crippen LogP contribution in [0.5, 0.6) is 0 Å². The molecule has 0 aliphatic heterocycles. The molecule has 2 rings (SSSR count). The lowest BCUT2D eigenvalue weighted by Crippen LogP contribution is -2.22. The molecule has 1 aromatic carbocycles. The van der Waals surface area contributed by atoms with Crippen molar-refractivity contribution in [2.45, 2.75) is 20.4 Å². The van der Waals surface area contributed by atoms with Gasteiger partial charge in [0.15, 0.2) is 0 Å². The van der Waals surface area contributed by atoms with Crippen LogP contribution in [0.1, 0.15) is 25.9 Å². The monoisotopic (exact) mass is 314 g/mol. The van der Waals surface area contributed by atoms with E-state index in [1.165, 1.54) is 11.3 Å². The molecule has 100 valence electrons. The van der Waals surface area contributed by atoms with Crippen molar-refractivity contribution < 1.29 is 4.79 Å².